The lowest BCUT2D eigenvalue weighted by molar-refractivity contribution is -0.171. The van der Waals surface area contributed by atoms with Gasteiger partial charge in [0, 0.05) is 0 Å². The molecule has 0 radical (unpaired) electrons. The second kappa shape index (κ2) is 6.34. The SMILES string of the molecule is CSC(=S)N(OC(=O)C12CC3CC(CC(C3)C1)C2)c1ccccc1. The van der Waals surface area contributed by atoms with Crippen LogP contribution < -0.4 is 5.06 Å². The molecule has 24 heavy (non-hydrogen) atoms. The standard InChI is InChI=1S/C19H23NO2S2/c1-24-18(23)20(16-5-3-2-4-6-16)22-17(21)19-10-13-7-14(11-19)9-15(8-13)12-19/h2-6,13-15H,7-12H2,1H3. The normalized spacial score (nSPS) is 33.3. The van der Waals surface area contributed by atoms with E-state index in [1.165, 1.54) is 31.0 Å². The van der Waals surface area contributed by atoms with Crippen molar-refractivity contribution in [2.45, 2.75) is 38.5 Å². The first-order valence-corrected chi connectivity index (χ1v) is 10.4. The number of nitrogens with zero attached hydrogens (tertiary/aromatic N) is 1. The molecule has 0 spiro atoms. The van der Waals surface area contributed by atoms with Crippen LogP contribution >= 0.6 is 24.0 Å². The molecule has 5 heteroatoms. The minimum atomic E-state index is -0.268. The van der Waals surface area contributed by atoms with Gasteiger partial charge in [-0.25, -0.2) is 4.79 Å². The van der Waals surface area contributed by atoms with Gasteiger partial charge in [-0.15, -0.1) is 0 Å². The van der Waals surface area contributed by atoms with Crippen LogP contribution in [-0.2, 0) is 9.63 Å². The first-order valence-electron chi connectivity index (χ1n) is 8.75. The highest BCUT2D eigenvalue weighted by Crippen LogP contribution is 2.60. The zero-order valence-electron chi connectivity index (χ0n) is 13.9. The highest BCUT2D eigenvalue weighted by atomic mass is 32.2. The van der Waals surface area contributed by atoms with E-state index in [1.54, 1.807) is 5.06 Å². The molecule has 0 aromatic heterocycles. The van der Waals surface area contributed by atoms with Crippen molar-refractivity contribution in [1.29, 1.82) is 0 Å². The molecule has 0 N–H and O–H groups in total. The topological polar surface area (TPSA) is 29.5 Å². The summed E-state index contributed by atoms with van der Waals surface area (Å²) in [5, 5.41) is 1.54. The monoisotopic (exact) mass is 361 g/mol. The lowest BCUT2D eigenvalue weighted by Gasteiger charge is -2.55. The molecule has 0 unspecified atom stereocenters. The van der Waals surface area contributed by atoms with E-state index in [-0.39, 0.29) is 11.4 Å². The Balaban J connectivity index is 1.56. The number of benzene rings is 1. The maximum absolute atomic E-state index is 13.2. The van der Waals surface area contributed by atoms with Crippen molar-refractivity contribution in [2.24, 2.45) is 23.2 Å². The Morgan fingerprint density at radius 3 is 2.17 bits per heavy atom. The molecule has 1 aromatic rings. The number of thiocarbonyl (C=S) groups is 1. The highest BCUT2D eigenvalue weighted by Gasteiger charge is 2.56. The fraction of sp³-hybridized carbons (Fsp3) is 0.579. The van der Waals surface area contributed by atoms with Crippen LogP contribution in [0.25, 0.3) is 0 Å². The van der Waals surface area contributed by atoms with Crippen molar-refractivity contribution in [3.8, 4) is 0 Å². The Kier molecular flexibility index (Phi) is 4.33. The van der Waals surface area contributed by atoms with Crippen LogP contribution in [0.5, 0.6) is 0 Å². The lowest BCUT2D eigenvalue weighted by Crippen LogP contribution is -2.52. The van der Waals surface area contributed by atoms with Crippen LogP contribution in [-0.4, -0.2) is 16.5 Å². The number of hydrogen-bond donors (Lipinski definition) is 0. The predicted octanol–water partition coefficient (Wildman–Crippen LogP) is 4.82. The summed E-state index contributed by atoms with van der Waals surface area (Å²) in [6, 6.07) is 9.67. The van der Waals surface area contributed by atoms with Crippen LogP contribution in [0.3, 0.4) is 0 Å². The maximum atomic E-state index is 13.2. The van der Waals surface area contributed by atoms with E-state index in [9.17, 15) is 4.79 Å². The molecule has 0 aliphatic heterocycles. The molecule has 128 valence electrons. The van der Waals surface area contributed by atoms with Gasteiger partial charge < -0.3 is 4.84 Å². The average Bonchev–Trinajstić information content (AvgIpc) is 2.58. The number of hydrogen-bond acceptors (Lipinski definition) is 4. The molecule has 5 rings (SSSR count). The Morgan fingerprint density at radius 2 is 1.67 bits per heavy atom. The molecule has 0 atom stereocenters. The molecule has 0 amide bonds. The molecule has 3 nitrogen and oxygen atoms in total. The van der Waals surface area contributed by atoms with Gasteiger partial charge in [-0.1, -0.05) is 30.0 Å². The van der Waals surface area contributed by atoms with Crippen LogP contribution in [0.4, 0.5) is 5.69 Å². The van der Waals surface area contributed by atoms with Crippen molar-refractivity contribution >= 4 is 40.0 Å². The first kappa shape index (κ1) is 16.4. The maximum Gasteiger partial charge on any atom is 0.339 e. The summed E-state index contributed by atoms with van der Waals surface area (Å²) in [4.78, 5) is 19.1. The van der Waals surface area contributed by atoms with Crippen molar-refractivity contribution in [3.05, 3.63) is 30.3 Å². The molecule has 0 saturated heterocycles. The lowest BCUT2D eigenvalue weighted by atomic mass is 9.49. The highest BCUT2D eigenvalue weighted by molar-refractivity contribution is 8.22. The molecular formula is C19H23NO2S2. The second-order valence-corrected chi connectivity index (χ2v) is 9.12. The molecule has 0 heterocycles. The van der Waals surface area contributed by atoms with E-state index >= 15 is 0 Å². The van der Waals surface area contributed by atoms with E-state index in [0.29, 0.717) is 4.32 Å². The number of rotatable bonds is 2. The molecule has 4 aliphatic rings. The Bertz CT molecular complexity index is 611. The minimum Gasteiger partial charge on any atom is -0.334 e. The van der Waals surface area contributed by atoms with Gasteiger partial charge in [-0.3, -0.25) is 0 Å². The summed E-state index contributed by atoms with van der Waals surface area (Å²) < 4.78 is 0.569. The van der Waals surface area contributed by atoms with E-state index in [4.69, 9.17) is 17.1 Å². The van der Waals surface area contributed by atoms with Gasteiger partial charge in [0.25, 0.3) is 0 Å². The van der Waals surface area contributed by atoms with Crippen LogP contribution in [0.1, 0.15) is 38.5 Å². The van der Waals surface area contributed by atoms with E-state index < -0.39 is 0 Å². The van der Waals surface area contributed by atoms with Crippen LogP contribution in [0.2, 0.25) is 0 Å². The Hall–Kier alpha value is -1.07. The van der Waals surface area contributed by atoms with Gasteiger partial charge in [0.15, 0.2) is 4.32 Å². The third-order valence-corrected chi connectivity index (χ3v) is 7.16. The summed E-state index contributed by atoms with van der Waals surface area (Å²) in [6.07, 6.45) is 8.89. The minimum absolute atomic E-state index is 0.0677. The first-order chi connectivity index (χ1) is 11.6. The molecular weight excluding hydrogens is 338 g/mol. The Morgan fingerprint density at radius 1 is 1.12 bits per heavy atom. The van der Waals surface area contributed by atoms with Crippen molar-refractivity contribution in [2.75, 3.05) is 11.3 Å². The number of thioether (sulfide) groups is 1. The van der Waals surface area contributed by atoms with E-state index in [0.717, 1.165) is 42.7 Å². The van der Waals surface area contributed by atoms with Crippen molar-refractivity contribution < 1.29 is 9.63 Å². The summed E-state index contributed by atoms with van der Waals surface area (Å²) in [5.74, 6) is 2.10. The van der Waals surface area contributed by atoms with Gasteiger partial charge in [0.05, 0.1) is 11.1 Å². The zero-order chi connectivity index (χ0) is 16.7. The molecule has 4 fully saturated rings. The van der Waals surface area contributed by atoms with E-state index in [2.05, 4.69) is 0 Å². The molecule has 4 aliphatic carbocycles. The van der Waals surface area contributed by atoms with E-state index in [1.807, 2.05) is 36.6 Å². The zero-order valence-corrected chi connectivity index (χ0v) is 15.6. The fourth-order valence-electron chi connectivity index (χ4n) is 5.38. The number of para-hydroxylation sites is 1. The third-order valence-electron chi connectivity index (χ3n) is 5.98. The number of carbonyl (C=O) groups is 1. The van der Waals surface area contributed by atoms with Gasteiger partial charge in [0.2, 0.25) is 0 Å². The van der Waals surface area contributed by atoms with Crippen molar-refractivity contribution in [3.63, 3.8) is 0 Å². The summed E-state index contributed by atoms with van der Waals surface area (Å²) in [7, 11) is 0. The van der Waals surface area contributed by atoms with Gasteiger partial charge in [-0.2, -0.15) is 5.06 Å². The smallest absolute Gasteiger partial charge is 0.334 e. The average molecular weight is 362 g/mol. The predicted molar refractivity (Wildman–Crippen MR) is 102 cm³/mol. The van der Waals surface area contributed by atoms with Gasteiger partial charge in [-0.05, 0) is 86.9 Å². The molecule has 4 saturated carbocycles. The third kappa shape index (κ3) is 2.86. The molecule has 4 bridgehead atoms. The van der Waals surface area contributed by atoms with Gasteiger partial charge in [0.1, 0.15) is 0 Å². The Labute approximate surface area is 153 Å². The molecule has 1 aromatic carbocycles. The quantitative estimate of drug-likeness (QED) is 0.557. The van der Waals surface area contributed by atoms with Crippen LogP contribution in [0, 0.1) is 23.2 Å². The van der Waals surface area contributed by atoms with Crippen LogP contribution in [0.15, 0.2) is 30.3 Å². The van der Waals surface area contributed by atoms with Crippen molar-refractivity contribution in [1.82, 2.24) is 0 Å². The number of carbonyl (C=O) groups excluding carboxylic acids is 1. The summed E-state index contributed by atoms with van der Waals surface area (Å²) >= 11 is 6.86. The van der Waals surface area contributed by atoms with Gasteiger partial charge >= 0.3 is 5.97 Å². The summed E-state index contributed by atoms with van der Waals surface area (Å²) in [6.45, 7) is 0. The second-order valence-electron chi connectivity index (χ2n) is 7.68. The summed E-state index contributed by atoms with van der Waals surface area (Å²) in [5.41, 5.74) is 0.547. The largest absolute Gasteiger partial charge is 0.339 e. The number of anilines is 1. The fourth-order valence-corrected chi connectivity index (χ4v) is 5.83. The number of hydroxylamine groups is 1.